The molecule has 1 heterocycles. The number of likely N-dealkylation sites (tertiary alicyclic amines) is 1. The molecule has 5 heteroatoms. The number of ether oxygens (including phenoxy) is 1. The Morgan fingerprint density at radius 2 is 2.10 bits per heavy atom. The third-order valence-electron chi connectivity index (χ3n) is 4.38. The minimum absolute atomic E-state index is 0.0403. The zero-order valence-electron chi connectivity index (χ0n) is 12.2. The van der Waals surface area contributed by atoms with Gasteiger partial charge < -0.3 is 15.4 Å². The number of carbonyl (C=O) groups excluding carboxylic acids is 1. The second-order valence-corrected chi connectivity index (χ2v) is 6.33. The molecule has 2 aliphatic rings. The topological polar surface area (TPSA) is 55.6 Å². The van der Waals surface area contributed by atoms with E-state index in [9.17, 15) is 4.79 Å². The normalized spacial score (nSPS) is 26.6. The lowest BCUT2D eigenvalue weighted by Crippen LogP contribution is -2.43. The molecule has 2 atom stereocenters. The van der Waals surface area contributed by atoms with Gasteiger partial charge in [0.25, 0.3) is 0 Å². The van der Waals surface area contributed by atoms with Gasteiger partial charge in [-0.15, -0.1) is 0 Å². The molecule has 1 aromatic rings. The summed E-state index contributed by atoms with van der Waals surface area (Å²) in [7, 11) is 1.60. The van der Waals surface area contributed by atoms with Gasteiger partial charge in [-0.05, 0) is 43.4 Å². The molecule has 1 aromatic carbocycles. The van der Waals surface area contributed by atoms with Gasteiger partial charge in [0.05, 0.1) is 18.2 Å². The van der Waals surface area contributed by atoms with Crippen molar-refractivity contribution < 1.29 is 9.53 Å². The van der Waals surface area contributed by atoms with Gasteiger partial charge in [0.1, 0.15) is 5.75 Å². The molecule has 1 saturated heterocycles. The van der Waals surface area contributed by atoms with E-state index in [-0.39, 0.29) is 18.0 Å². The van der Waals surface area contributed by atoms with Crippen LogP contribution < -0.4 is 10.5 Å². The van der Waals surface area contributed by atoms with Gasteiger partial charge in [-0.2, -0.15) is 0 Å². The molecule has 1 aliphatic carbocycles. The Kier molecular flexibility index (Phi) is 4.09. The van der Waals surface area contributed by atoms with Crippen molar-refractivity contribution in [3.63, 3.8) is 0 Å². The summed E-state index contributed by atoms with van der Waals surface area (Å²) in [6.07, 6.45) is 4.50. The van der Waals surface area contributed by atoms with Crippen molar-refractivity contribution >= 4 is 17.5 Å². The van der Waals surface area contributed by atoms with E-state index in [1.807, 2.05) is 23.1 Å². The average Bonchev–Trinajstić information content (AvgIpc) is 3.28. The fraction of sp³-hybridized carbons (Fsp3) is 0.562. The maximum atomic E-state index is 12.4. The molecule has 2 unspecified atom stereocenters. The highest BCUT2D eigenvalue weighted by molar-refractivity contribution is 6.32. The van der Waals surface area contributed by atoms with Crippen molar-refractivity contribution in [2.45, 2.75) is 50.2 Å². The van der Waals surface area contributed by atoms with Crippen LogP contribution in [0.1, 0.15) is 43.7 Å². The van der Waals surface area contributed by atoms with E-state index in [4.69, 9.17) is 22.1 Å². The van der Waals surface area contributed by atoms with E-state index in [0.29, 0.717) is 23.2 Å². The number of halogens is 1. The molecular formula is C16H21ClN2O2. The molecule has 1 amide bonds. The highest BCUT2D eigenvalue weighted by atomic mass is 35.5. The maximum absolute atomic E-state index is 12.4. The first-order chi connectivity index (χ1) is 10.1. The molecule has 1 aliphatic heterocycles. The molecule has 0 radical (unpaired) electrons. The number of nitrogens with two attached hydrogens (primary N) is 1. The quantitative estimate of drug-likeness (QED) is 0.934. The predicted octanol–water partition coefficient (Wildman–Crippen LogP) is 2.89. The Morgan fingerprint density at radius 3 is 2.71 bits per heavy atom. The fourth-order valence-corrected chi connectivity index (χ4v) is 3.46. The molecular weight excluding hydrogens is 288 g/mol. The molecule has 0 spiro atoms. The van der Waals surface area contributed by atoms with Gasteiger partial charge in [-0.1, -0.05) is 17.7 Å². The van der Waals surface area contributed by atoms with Crippen LogP contribution in [0.3, 0.4) is 0 Å². The summed E-state index contributed by atoms with van der Waals surface area (Å²) < 4.78 is 5.20. The largest absolute Gasteiger partial charge is 0.495 e. The predicted molar refractivity (Wildman–Crippen MR) is 82.4 cm³/mol. The minimum atomic E-state index is -0.0732. The smallest absolute Gasteiger partial charge is 0.223 e. The second kappa shape index (κ2) is 5.85. The van der Waals surface area contributed by atoms with Crippen LogP contribution in [-0.4, -0.2) is 30.0 Å². The number of methoxy groups -OCH3 is 1. The number of nitrogens with zero attached hydrogens (tertiary/aromatic N) is 1. The Bertz CT molecular complexity index is 545. The molecule has 0 aromatic heterocycles. The third kappa shape index (κ3) is 2.87. The molecule has 2 fully saturated rings. The number of rotatable bonds is 3. The van der Waals surface area contributed by atoms with Crippen molar-refractivity contribution in [3.05, 3.63) is 28.8 Å². The van der Waals surface area contributed by atoms with Crippen LogP contribution in [0.4, 0.5) is 0 Å². The first-order valence-electron chi connectivity index (χ1n) is 7.52. The lowest BCUT2D eigenvalue weighted by atomic mass is 9.96. The summed E-state index contributed by atoms with van der Waals surface area (Å²) in [6.45, 7) is 0. The Labute approximate surface area is 130 Å². The SMILES string of the molecule is COc1ccc(C2C(N)CCCC(=O)N2C2CC2)cc1Cl. The number of hydrogen-bond acceptors (Lipinski definition) is 3. The van der Waals surface area contributed by atoms with E-state index in [1.54, 1.807) is 7.11 Å². The van der Waals surface area contributed by atoms with Crippen molar-refractivity contribution in [2.24, 2.45) is 5.73 Å². The second-order valence-electron chi connectivity index (χ2n) is 5.93. The van der Waals surface area contributed by atoms with Gasteiger partial charge in [0, 0.05) is 18.5 Å². The lowest BCUT2D eigenvalue weighted by molar-refractivity contribution is -0.133. The summed E-state index contributed by atoms with van der Waals surface area (Å²) in [4.78, 5) is 14.5. The van der Waals surface area contributed by atoms with Gasteiger partial charge >= 0.3 is 0 Å². The van der Waals surface area contributed by atoms with Crippen LogP contribution in [0, 0.1) is 0 Å². The minimum Gasteiger partial charge on any atom is -0.495 e. The molecule has 4 nitrogen and oxygen atoms in total. The van der Waals surface area contributed by atoms with Gasteiger partial charge in [0.2, 0.25) is 5.91 Å². The van der Waals surface area contributed by atoms with Crippen LogP contribution in [0.25, 0.3) is 0 Å². The van der Waals surface area contributed by atoms with E-state index < -0.39 is 0 Å². The zero-order valence-corrected chi connectivity index (χ0v) is 13.0. The number of benzene rings is 1. The first-order valence-corrected chi connectivity index (χ1v) is 7.90. The molecule has 3 rings (SSSR count). The van der Waals surface area contributed by atoms with E-state index in [0.717, 1.165) is 31.2 Å². The highest BCUT2D eigenvalue weighted by Gasteiger charge is 2.41. The van der Waals surface area contributed by atoms with Crippen LogP contribution in [0.5, 0.6) is 5.75 Å². The number of hydrogen-bond donors (Lipinski definition) is 1. The van der Waals surface area contributed by atoms with Crippen LogP contribution in [0.15, 0.2) is 18.2 Å². The highest BCUT2D eigenvalue weighted by Crippen LogP contribution is 2.40. The van der Waals surface area contributed by atoms with Crippen molar-refractivity contribution in [3.8, 4) is 5.75 Å². The molecule has 21 heavy (non-hydrogen) atoms. The van der Waals surface area contributed by atoms with Gasteiger partial charge in [-0.3, -0.25) is 4.79 Å². The third-order valence-corrected chi connectivity index (χ3v) is 4.67. The number of amides is 1. The molecule has 1 saturated carbocycles. The molecule has 2 N–H and O–H groups in total. The number of carbonyl (C=O) groups is 1. The summed E-state index contributed by atoms with van der Waals surface area (Å²) >= 11 is 6.25. The van der Waals surface area contributed by atoms with Crippen LogP contribution in [0.2, 0.25) is 5.02 Å². The summed E-state index contributed by atoms with van der Waals surface area (Å²) in [5.74, 6) is 0.870. The zero-order chi connectivity index (χ0) is 15.0. The summed E-state index contributed by atoms with van der Waals surface area (Å²) in [5.41, 5.74) is 7.39. The van der Waals surface area contributed by atoms with Gasteiger partial charge in [-0.25, -0.2) is 0 Å². The Morgan fingerprint density at radius 1 is 1.33 bits per heavy atom. The monoisotopic (exact) mass is 308 g/mol. The summed E-state index contributed by atoms with van der Waals surface area (Å²) in [6, 6.07) is 5.96. The Balaban J connectivity index is 1.98. The first kappa shape index (κ1) is 14.7. The molecule has 0 bridgehead atoms. The summed E-state index contributed by atoms with van der Waals surface area (Å²) in [5, 5.41) is 0.564. The Hall–Kier alpha value is -1.26. The van der Waals surface area contributed by atoms with E-state index >= 15 is 0 Å². The fourth-order valence-electron chi connectivity index (χ4n) is 3.20. The molecule has 114 valence electrons. The van der Waals surface area contributed by atoms with E-state index in [1.165, 1.54) is 0 Å². The lowest BCUT2D eigenvalue weighted by Gasteiger charge is -2.34. The van der Waals surface area contributed by atoms with E-state index in [2.05, 4.69) is 0 Å². The average molecular weight is 309 g/mol. The van der Waals surface area contributed by atoms with Crippen LogP contribution in [-0.2, 0) is 4.79 Å². The van der Waals surface area contributed by atoms with Gasteiger partial charge in [0.15, 0.2) is 0 Å². The van der Waals surface area contributed by atoms with Crippen LogP contribution >= 0.6 is 11.6 Å². The van der Waals surface area contributed by atoms with Crippen molar-refractivity contribution in [1.82, 2.24) is 4.90 Å². The van der Waals surface area contributed by atoms with Crippen molar-refractivity contribution in [2.75, 3.05) is 7.11 Å². The van der Waals surface area contributed by atoms with Crippen molar-refractivity contribution in [1.29, 1.82) is 0 Å². The maximum Gasteiger partial charge on any atom is 0.223 e. The standard InChI is InChI=1S/C16H21ClN2O2/c1-21-14-8-5-10(9-12(14)17)16-13(18)3-2-4-15(20)19(16)11-6-7-11/h5,8-9,11,13,16H,2-4,6-7,18H2,1H3.